The van der Waals surface area contributed by atoms with Gasteiger partial charge in [0, 0.05) is 8.80 Å². The lowest BCUT2D eigenvalue weighted by molar-refractivity contribution is -0.137. The molecule has 2 fully saturated rings. The van der Waals surface area contributed by atoms with Crippen LogP contribution in [0, 0.1) is 23.7 Å². The van der Waals surface area contributed by atoms with Crippen molar-refractivity contribution in [1.82, 2.24) is 0 Å². The zero-order chi connectivity index (χ0) is 22.3. The number of hydrogen-bond donors (Lipinski definition) is 0. The first kappa shape index (κ1) is 24.9. The third kappa shape index (κ3) is 8.26. The Hall–Kier alpha value is -0.773. The van der Waals surface area contributed by atoms with Crippen molar-refractivity contribution in [2.24, 2.45) is 23.7 Å². The minimum Gasteiger partial charge on any atom is -0.166 e. The molecule has 31 heavy (non-hydrogen) atoms. The summed E-state index contributed by atoms with van der Waals surface area (Å²) in [6, 6.07) is 10.5. The van der Waals surface area contributed by atoms with Crippen LogP contribution >= 0.6 is 0 Å². The van der Waals surface area contributed by atoms with Gasteiger partial charge in [-0.15, -0.1) is 0 Å². The third-order valence-corrected chi connectivity index (χ3v) is 11.7. The number of unbranched alkanes of at least 4 members (excludes halogenated alkanes) is 1. The van der Waals surface area contributed by atoms with E-state index in [1.165, 1.54) is 69.9 Å². The first-order valence-corrected chi connectivity index (χ1v) is 15.4. The fourth-order valence-electron chi connectivity index (χ4n) is 6.09. The molecule has 1 aromatic carbocycles. The Kier molecular flexibility index (Phi) is 9.55. The van der Waals surface area contributed by atoms with Gasteiger partial charge in [0.05, 0.1) is 5.56 Å². The quantitative estimate of drug-likeness (QED) is 0.259. The molecule has 1 aromatic rings. The predicted octanol–water partition coefficient (Wildman–Crippen LogP) is 8.91. The van der Waals surface area contributed by atoms with Gasteiger partial charge in [0.25, 0.3) is 0 Å². The number of alkyl halides is 3. The van der Waals surface area contributed by atoms with E-state index in [0.717, 1.165) is 42.1 Å². The lowest BCUT2D eigenvalue weighted by Crippen LogP contribution is -2.28. The van der Waals surface area contributed by atoms with Crippen LogP contribution in [-0.2, 0) is 12.6 Å². The maximum atomic E-state index is 12.7. The molecule has 0 atom stereocenters. The lowest BCUT2D eigenvalue weighted by Gasteiger charge is -2.37. The number of benzene rings is 1. The van der Waals surface area contributed by atoms with Gasteiger partial charge in [-0.05, 0) is 67.1 Å². The average Bonchev–Trinajstić information content (AvgIpc) is 2.76. The SMILES string of the molecule is CC(C)CC[SiH]1CCC(C2CCC(CCCCc3ccc(C(F)(F)F)cc3)CC2)CC1. The van der Waals surface area contributed by atoms with Gasteiger partial charge >= 0.3 is 6.18 Å². The number of hydrogen-bond acceptors (Lipinski definition) is 0. The van der Waals surface area contributed by atoms with Crippen LogP contribution in [0.4, 0.5) is 13.2 Å². The molecule has 1 saturated heterocycles. The number of rotatable bonds is 9. The summed E-state index contributed by atoms with van der Waals surface area (Å²) >= 11 is 0. The standard InChI is InChI=1S/C27H43F3Si/c1-21(2)15-18-31-19-16-25(17-20-31)24-11-7-22(8-12-24)5-3-4-6-23-9-13-26(14-10-23)27(28,29)30/h9-10,13-14,21-22,24-25,31H,3-8,11-12,15-20H2,1-2H3. The summed E-state index contributed by atoms with van der Waals surface area (Å²) in [6.45, 7) is 4.74. The molecule has 0 aromatic heterocycles. The highest BCUT2D eigenvalue weighted by Crippen LogP contribution is 2.42. The maximum Gasteiger partial charge on any atom is 0.416 e. The lowest BCUT2D eigenvalue weighted by atomic mass is 9.73. The molecule has 1 aliphatic heterocycles. The van der Waals surface area contributed by atoms with E-state index in [2.05, 4.69) is 13.8 Å². The van der Waals surface area contributed by atoms with Crippen molar-refractivity contribution in [3.63, 3.8) is 0 Å². The van der Waals surface area contributed by atoms with Crippen LogP contribution in [0.3, 0.4) is 0 Å². The fourth-order valence-corrected chi connectivity index (χ4v) is 9.89. The van der Waals surface area contributed by atoms with E-state index >= 15 is 0 Å². The van der Waals surface area contributed by atoms with Gasteiger partial charge in [0.2, 0.25) is 0 Å². The monoisotopic (exact) mass is 452 g/mol. The smallest absolute Gasteiger partial charge is 0.166 e. The molecule has 0 bridgehead atoms. The molecular formula is C27H43F3Si. The van der Waals surface area contributed by atoms with E-state index in [9.17, 15) is 13.2 Å². The van der Waals surface area contributed by atoms with Crippen molar-refractivity contribution in [1.29, 1.82) is 0 Å². The van der Waals surface area contributed by atoms with Crippen LogP contribution in [0.25, 0.3) is 0 Å². The number of halogens is 3. The molecule has 0 nitrogen and oxygen atoms in total. The third-order valence-electron chi connectivity index (χ3n) is 8.21. The van der Waals surface area contributed by atoms with Gasteiger partial charge in [0.15, 0.2) is 0 Å². The Bertz CT molecular complexity index is 621. The Balaban J connectivity index is 1.27. The summed E-state index contributed by atoms with van der Waals surface area (Å²) in [5.41, 5.74) is 0.489. The zero-order valence-electron chi connectivity index (χ0n) is 19.7. The Morgan fingerprint density at radius 3 is 2.06 bits per heavy atom. The second-order valence-electron chi connectivity index (χ2n) is 11.0. The van der Waals surface area contributed by atoms with Crippen LogP contribution in [0.2, 0.25) is 18.1 Å². The molecule has 0 radical (unpaired) electrons. The normalized spacial score (nSPS) is 27.5. The molecule has 0 unspecified atom stereocenters. The first-order valence-electron chi connectivity index (χ1n) is 13.0. The van der Waals surface area contributed by atoms with Gasteiger partial charge in [-0.3, -0.25) is 0 Å². The van der Waals surface area contributed by atoms with Crippen LogP contribution < -0.4 is 0 Å². The summed E-state index contributed by atoms with van der Waals surface area (Å²) in [7, 11) is -0.400. The van der Waals surface area contributed by atoms with Gasteiger partial charge in [-0.1, -0.05) is 89.1 Å². The van der Waals surface area contributed by atoms with E-state index in [4.69, 9.17) is 0 Å². The van der Waals surface area contributed by atoms with E-state index in [0.29, 0.717) is 0 Å². The van der Waals surface area contributed by atoms with E-state index < -0.39 is 20.5 Å². The highest BCUT2D eigenvalue weighted by molar-refractivity contribution is 6.58. The second-order valence-corrected chi connectivity index (χ2v) is 14.4. The highest BCUT2D eigenvalue weighted by Gasteiger charge is 2.31. The van der Waals surface area contributed by atoms with Crippen LogP contribution in [-0.4, -0.2) is 8.80 Å². The maximum absolute atomic E-state index is 12.7. The molecule has 0 spiro atoms. The zero-order valence-corrected chi connectivity index (χ0v) is 20.9. The van der Waals surface area contributed by atoms with Crippen LogP contribution in [0.5, 0.6) is 0 Å². The van der Waals surface area contributed by atoms with Gasteiger partial charge in [-0.25, -0.2) is 0 Å². The van der Waals surface area contributed by atoms with E-state index in [1.807, 2.05) is 0 Å². The molecule has 1 heterocycles. The Labute approximate surface area is 190 Å². The molecule has 0 amide bonds. The summed E-state index contributed by atoms with van der Waals surface area (Å²) in [4.78, 5) is 0. The first-order chi connectivity index (χ1) is 14.8. The van der Waals surface area contributed by atoms with Crippen molar-refractivity contribution in [2.75, 3.05) is 0 Å². The van der Waals surface area contributed by atoms with Crippen molar-refractivity contribution < 1.29 is 13.2 Å². The van der Waals surface area contributed by atoms with Crippen LogP contribution in [0.1, 0.15) is 89.2 Å². The number of aryl methyl sites for hydroxylation is 1. The van der Waals surface area contributed by atoms with Gasteiger partial charge < -0.3 is 0 Å². The van der Waals surface area contributed by atoms with Crippen molar-refractivity contribution in [3.05, 3.63) is 35.4 Å². The molecule has 0 N–H and O–H groups in total. The summed E-state index contributed by atoms with van der Waals surface area (Å²) in [5.74, 6) is 3.81. The van der Waals surface area contributed by atoms with Crippen LogP contribution in [0.15, 0.2) is 24.3 Å². The predicted molar refractivity (Wildman–Crippen MR) is 128 cm³/mol. The van der Waals surface area contributed by atoms with Crippen molar-refractivity contribution >= 4 is 8.80 Å². The molecule has 176 valence electrons. The summed E-state index contributed by atoms with van der Waals surface area (Å²) in [5, 5.41) is 0. The van der Waals surface area contributed by atoms with E-state index in [-0.39, 0.29) is 0 Å². The Morgan fingerprint density at radius 1 is 0.871 bits per heavy atom. The second kappa shape index (κ2) is 11.9. The molecule has 1 aliphatic carbocycles. The van der Waals surface area contributed by atoms with Crippen molar-refractivity contribution in [3.8, 4) is 0 Å². The minimum absolute atomic E-state index is 0.400. The molecule has 2 aliphatic rings. The summed E-state index contributed by atoms with van der Waals surface area (Å²) in [6.07, 6.45) is 10.6. The van der Waals surface area contributed by atoms with Gasteiger partial charge in [-0.2, -0.15) is 13.2 Å². The van der Waals surface area contributed by atoms with E-state index in [1.54, 1.807) is 30.3 Å². The molecule has 4 heteroatoms. The average molecular weight is 453 g/mol. The Morgan fingerprint density at radius 2 is 1.48 bits per heavy atom. The molecular weight excluding hydrogens is 409 g/mol. The molecule has 3 rings (SSSR count). The fraction of sp³-hybridized carbons (Fsp3) is 0.778. The highest BCUT2D eigenvalue weighted by atomic mass is 28.3. The van der Waals surface area contributed by atoms with Gasteiger partial charge in [0.1, 0.15) is 0 Å². The minimum atomic E-state index is -4.23. The van der Waals surface area contributed by atoms with Crippen molar-refractivity contribution in [2.45, 2.75) is 109 Å². The largest absolute Gasteiger partial charge is 0.416 e. The summed E-state index contributed by atoms with van der Waals surface area (Å²) < 4.78 is 38.0. The molecule has 1 saturated carbocycles. The topological polar surface area (TPSA) is 0 Å².